The third-order valence-corrected chi connectivity index (χ3v) is 6.43. The van der Waals surface area contributed by atoms with Gasteiger partial charge in [-0.2, -0.15) is 10.1 Å². The third kappa shape index (κ3) is 5.22. The molecule has 0 bridgehead atoms. The van der Waals surface area contributed by atoms with Gasteiger partial charge in [0.05, 0.1) is 18.8 Å². The maximum Gasteiger partial charge on any atom is 0.255 e. The van der Waals surface area contributed by atoms with Crippen molar-refractivity contribution in [1.29, 1.82) is 0 Å². The predicted octanol–water partition coefficient (Wildman–Crippen LogP) is 5.65. The van der Waals surface area contributed by atoms with E-state index in [-0.39, 0.29) is 5.91 Å². The van der Waals surface area contributed by atoms with Crippen molar-refractivity contribution in [1.82, 2.24) is 14.8 Å². The molecule has 4 rings (SSSR count). The third-order valence-electron chi connectivity index (χ3n) is 6.43. The molecule has 2 heterocycles. The van der Waals surface area contributed by atoms with E-state index in [1.54, 1.807) is 4.68 Å². The van der Waals surface area contributed by atoms with Gasteiger partial charge in [-0.25, -0.2) is 4.68 Å². The van der Waals surface area contributed by atoms with Gasteiger partial charge in [-0.05, 0) is 74.9 Å². The molecule has 0 fully saturated rings. The average molecular weight is 490 g/mol. The standard InChI is InChI=1S/C28H35N5O3/c1-7-35-23-12-11-21(15-24(23)36-14-13-17(2)3)26-25(20(6)31-28-29-16-30-33(26)28)27(34)32-22-10-8-9-18(4)19(22)5/h8-12,15-17,26H,7,13-14H2,1-6H3,(H,32,34)(H,29,30,31). The van der Waals surface area contributed by atoms with Crippen LogP contribution in [-0.2, 0) is 4.79 Å². The summed E-state index contributed by atoms with van der Waals surface area (Å²) in [6.45, 7) is 13.3. The normalized spacial score (nSPS) is 14.9. The van der Waals surface area contributed by atoms with E-state index in [0.717, 1.165) is 34.5 Å². The number of carbonyl (C=O) groups excluding carboxylic acids is 1. The highest BCUT2D eigenvalue weighted by Gasteiger charge is 2.34. The molecule has 0 saturated heterocycles. The van der Waals surface area contributed by atoms with Crippen LogP contribution >= 0.6 is 0 Å². The quantitative estimate of drug-likeness (QED) is 0.404. The first kappa shape index (κ1) is 25.3. The van der Waals surface area contributed by atoms with Gasteiger partial charge in [0.25, 0.3) is 5.91 Å². The van der Waals surface area contributed by atoms with Crippen molar-refractivity contribution in [3.05, 3.63) is 70.7 Å². The molecule has 0 saturated carbocycles. The van der Waals surface area contributed by atoms with Gasteiger partial charge in [0, 0.05) is 11.4 Å². The molecule has 0 spiro atoms. The van der Waals surface area contributed by atoms with Crippen LogP contribution < -0.4 is 20.1 Å². The number of aryl methyl sites for hydroxylation is 1. The SMILES string of the molecule is CCOc1ccc(C2C(C(=O)Nc3cccc(C)c3C)=C(C)Nc3ncnn32)cc1OCCC(C)C. The Morgan fingerprint density at radius 2 is 1.94 bits per heavy atom. The average Bonchev–Trinajstić information content (AvgIpc) is 3.30. The van der Waals surface area contributed by atoms with E-state index >= 15 is 0 Å². The number of carbonyl (C=O) groups is 1. The maximum absolute atomic E-state index is 13.7. The summed E-state index contributed by atoms with van der Waals surface area (Å²) in [5, 5.41) is 10.8. The minimum absolute atomic E-state index is 0.198. The predicted molar refractivity (Wildman–Crippen MR) is 142 cm³/mol. The van der Waals surface area contributed by atoms with Crippen LogP contribution in [0, 0.1) is 19.8 Å². The van der Waals surface area contributed by atoms with Gasteiger partial charge < -0.3 is 20.1 Å². The van der Waals surface area contributed by atoms with Crippen LogP contribution in [-0.4, -0.2) is 33.9 Å². The van der Waals surface area contributed by atoms with Crippen molar-refractivity contribution in [3.8, 4) is 11.5 Å². The Labute approximate surface area is 212 Å². The molecule has 1 aliphatic heterocycles. The molecule has 0 radical (unpaired) electrons. The number of nitrogens with one attached hydrogen (secondary N) is 2. The summed E-state index contributed by atoms with van der Waals surface area (Å²) in [4.78, 5) is 18.1. The van der Waals surface area contributed by atoms with Crippen LogP contribution in [0.1, 0.15) is 56.8 Å². The van der Waals surface area contributed by atoms with E-state index in [4.69, 9.17) is 9.47 Å². The van der Waals surface area contributed by atoms with Crippen LogP contribution in [0.4, 0.5) is 11.6 Å². The summed E-state index contributed by atoms with van der Waals surface area (Å²) in [5.41, 5.74) is 5.08. The molecule has 0 aliphatic carbocycles. The number of nitrogens with zero attached hydrogens (tertiary/aromatic N) is 3. The molecule has 1 aliphatic rings. The summed E-state index contributed by atoms with van der Waals surface area (Å²) >= 11 is 0. The van der Waals surface area contributed by atoms with Crippen LogP contribution in [0.25, 0.3) is 0 Å². The number of ether oxygens (including phenoxy) is 2. The van der Waals surface area contributed by atoms with Gasteiger partial charge in [0.1, 0.15) is 12.4 Å². The van der Waals surface area contributed by atoms with Crippen LogP contribution in [0.2, 0.25) is 0 Å². The second-order valence-corrected chi connectivity index (χ2v) is 9.47. The summed E-state index contributed by atoms with van der Waals surface area (Å²) in [5.74, 6) is 2.24. The molecule has 36 heavy (non-hydrogen) atoms. The van der Waals surface area contributed by atoms with Crippen LogP contribution in [0.3, 0.4) is 0 Å². The van der Waals surface area contributed by atoms with E-state index in [1.807, 2.05) is 64.1 Å². The number of benzene rings is 2. The number of hydrogen-bond acceptors (Lipinski definition) is 6. The molecule has 2 aromatic carbocycles. The highest BCUT2D eigenvalue weighted by atomic mass is 16.5. The van der Waals surface area contributed by atoms with Crippen molar-refractivity contribution in [3.63, 3.8) is 0 Å². The first-order chi connectivity index (χ1) is 17.3. The largest absolute Gasteiger partial charge is 0.490 e. The second-order valence-electron chi connectivity index (χ2n) is 9.47. The molecule has 8 heteroatoms. The molecule has 1 unspecified atom stereocenters. The Hall–Kier alpha value is -3.81. The summed E-state index contributed by atoms with van der Waals surface area (Å²) in [6.07, 6.45) is 2.42. The van der Waals surface area contributed by atoms with E-state index in [1.165, 1.54) is 6.33 Å². The lowest BCUT2D eigenvalue weighted by atomic mass is 9.94. The lowest BCUT2D eigenvalue weighted by Crippen LogP contribution is -2.31. The Morgan fingerprint density at radius 3 is 2.69 bits per heavy atom. The lowest BCUT2D eigenvalue weighted by Gasteiger charge is -2.29. The molecule has 1 aromatic heterocycles. The highest BCUT2D eigenvalue weighted by Crippen LogP contribution is 2.39. The lowest BCUT2D eigenvalue weighted by molar-refractivity contribution is -0.113. The van der Waals surface area contributed by atoms with Gasteiger partial charge >= 0.3 is 0 Å². The van der Waals surface area contributed by atoms with E-state index in [2.05, 4.69) is 34.6 Å². The van der Waals surface area contributed by atoms with Gasteiger partial charge in [0.15, 0.2) is 11.5 Å². The Bertz CT molecular complexity index is 1280. The topological polar surface area (TPSA) is 90.3 Å². The summed E-state index contributed by atoms with van der Waals surface area (Å²) in [7, 11) is 0. The molecule has 2 N–H and O–H groups in total. The molecule has 8 nitrogen and oxygen atoms in total. The first-order valence-corrected chi connectivity index (χ1v) is 12.4. The fourth-order valence-electron chi connectivity index (χ4n) is 4.26. The fraction of sp³-hybridized carbons (Fsp3) is 0.393. The van der Waals surface area contributed by atoms with Crippen molar-refractivity contribution < 1.29 is 14.3 Å². The van der Waals surface area contributed by atoms with Gasteiger partial charge in [0.2, 0.25) is 5.95 Å². The van der Waals surface area contributed by atoms with Crippen molar-refractivity contribution in [2.45, 2.75) is 54.0 Å². The molecular formula is C28H35N5O3. The Morgan fingerprint density at radius 1 is 1.14 bits per heavy atom. The van der Waals surface area contributed by atoms with Crippen molar-refractivity contribution in [2.75, 3.05) is 23.8 Å². The molecule has 1 amide bonds. The van der Waals surface area contributed by atoms with Crippen LogP contribution in [0.5, 0.6) is 11.5 Å². The summed E-state index contributed by atoms with van der Waals surface area (Å²) in [6, 6.07) is 11.2. The minimum Gasteiger partial charge on any atom is -0.490 e. The zero-order chi connectivity index (χ0) is 25.8. The van der Waals surface area contributed by atoms with Gasteiger partial charge in [-0.1, -0.05) is 32.0 Å². The van der Waals surface area contributed by atoms with Crippen molar-refractivity contribution in [2.24, 2.45) is 5.92 Å². The molecule has 1 atom stereocenters. The minimum atomic E-state index is -0.489. The van der Waals surface area contributed by atoms with E-state index < -0.39 is 6.04 Å². The van der Waals surface area contributed by atoms with E-state index in [0.29, 0.717) is 42.2 Å². The number of aromatic nitrogens is 3. The number of amides is 1. The number of allylic oxidation sites excluding steroid dienone is 1. The van der Waals surface area contributed by atoms with Gasteiger partial charge in [-0.3, -0.25) is 4.79 Å². The second kappa shape index (κ2) is 10.8. The Balaban J connectivity index is 1.74. The van der Waals surface area contributed by atoms with Crippen molar-refractivity contribution >= 4 is 17.5 Å². The first-order valence-electron chi connectivity index (χ1n) is 12.4. The zero-order valence-electron chi connectivity index (χ0n) is 21.9. The fourth-order valence-corrected chi connectivity index (χ4v) is 4.26. The Kier molecular flexibility index (Phi) is 7.62. The van der Waals surface area contributed by atoms with Crippen LogP contribution in [0.15, 0.2) is 54.0 Å². The van der Waals surface area contributed by atoms with Gasteiger partial charge in [-0.15, -0.1) is 0 Å². The number of hydrogen-bond donors (Lipinski definition) is 2. The maximum atomic E-state index is 13.7. The number of fused-ring (bicyclic) bond motifs is 1. The highest BCUT2D eigenvalue weighted by molar-refractivity contribution is 6.06. The van der Waals surface area contributed by atoms with E-state index in [9.17, 15) is 4.79 Å². The smallest absolute Gasteiger partial charge is 0.255 e. The molecular weight excluding hydrogens is 454 g/mol. The molecule has 3 aromatic rings. The molecule has 190 valence electrons. The summed E-state index contributed by atoms with van der Waals surface area (Å²) < 4.78 is 13.7. The number of anilines is 2. The monoisotopic (exact) mass is 489 g/mol. The zero-order valence-corrected chi connectivity index (χ0v) is 21.9. The number of rotatable bonds is 9.